The number of imidazole rings is 1. The molecule has 0 saturated heterocycles. The number of benzene rings is 1. The zero-order chi connectivity index (χ0) is 16.9. The zero-order valence-corrected chi connectivity index (χ0v) is 12.2. The lowest BCUT2D eigenvalue weighted by molar-refractivity contribution is -0.141. The maximum absolute atomic E-state index is 12.7. The maximum atomic E-state index is 12.7. The Kier molecular flexibility index (Phi) is 4.12. The van der Waals surface area contributed by atoms with Crippen LogP contribution in [0.2, 0.25) is 10.0 Å². The molecular formula is C12H6Cl2F6N2. The molecule has 1 heterocycles. The Hall–Kier alpha value is -1.41. The molecule has 0 aliphatic rings. The first kappa shape index (κ1) is 17.0. The lowest BCUT2D eigenvalue weighted by Gasteiger charge is -2.14. The molecule has 10 heteroatoms. The summed E-state index contributed by atoms with van der Waals surface area (Å²) < 4.78 is 76.9. The fourth-order valence-electron chi connectivity index (χ4n) is 1.87. The van der Waals surface area contributed by atoms with E-state index in [9.17, 15) is 26.3 Å². The van der Waals surface area contributed by atoms with Gasteiger partial charge in [0.1, 0.15) is 6.33 Å². The molecule has 1 aromatic carbocycles. The first-order chi connectivity index (χ1) is 9.93. The van der Waals surface area contributed by atoms with Crippen molar-refractivity contribution in [2.45, 2.75) is 19.3 Å². The van der Waals surface area contributed by atoms with Gasteiger partial charge in [0.05, 0.1) is 27.0 Å². The highest BCUT2D eigenvalue weighted by atomic mass is 35.5. The number of rotatable bonds is 1. The summed E-state index contributed by atoms with van der Waals surface area (Å²) in [7, 11) is 0. The topological polar surface area (TPSA) is 17.8 Å². The lowest BCUT2D eigenvalue weighted by Crippen LogP contribution is -2.09. The van der Waals surface area contributed by atoms with Crippen LogP contribution in [-0.2, 0) is 12.4 Å². The molecule has 0 unspecified atom stereocenters. The van der Waals surface area contributed by atoms with Gasteiger partial charge in [-0.3, -0.25) is 4.57 Å². The van der Waals surface area contributed by atoms with E-state index in [1.165, 1.54) is 0 Å². The van der Waals surface area contributed by atoms with Crippen LogP contribution in [0.3, 0.4) is 0 Å². The van der Waals surface area contributed by atoms with E-state index in [2.05, 4.69) is 4.98 Å². The van der Waals surface area contributed by atoms with Crippen molar-refractivity contribution in [3.8, 4) is 5.69 Å². The summed E-state index contributed by atoms with van der Waals surface area (Å²) in [5.74, 6) is 0. The van der Waals surface area contributed by atoms with Crippen LogP contribution in [0.1, 0.15) is 17.0 Å². The Morgan fingerprint density at radius 1 is 0.955 bits per heavy atom. The fraction of sp³-hybridized carbons (Fsp3) is 0.250. The third kappa shape index (κ3) is 3.03. The average Bonchev–Trinajstić information content (AvgIpc) is 2.69. The molecule has 0 bridgehead atoms. The van der Waals surface area contributed by atoms with Gasteiger partial charge in [0.25, 0.3) is 0 Å². The van der Waals surface area contributed by atoms with Gasteiger partial charge < -0.3 is 0 Å². The molecule has 0 fully saturated rings. The molecule has 2 aromatic rings. The van der Waals surface area contributed by atoms with E-state index in [1.54, 1.807) is 0 Å². The Morgan fingerprint density at radius 2 is 1.45 bits per heavy atom. The summed E-state index contributed by atoms with van der Waals surface area (Å²) >= 11 is 11.5. The molecule has 22 heavy (non-hydrogen) atoms. The summed E-state index contributed by atoms with van der Waals surface area (Å²) in [5, 5.41) is -0.872. The largest absolute Gasteiger partial charge is 0.435 e. The predicted octanol–water partition coefficient (Wildman–Crippen LogP) is 5.53. The van der Waals surface area contributed by atoms with E-state index in [1.807, 2.05) is 0 Å². The highest BCUT2D eigenvalue weighted by Crippen LogP contribution is 2.39. The molecule has 0 aliphatic carbocycles. The smallest absolute Gasteiger partial charge is 0.300 e. The van der Waals surface area contributed by atoms with Gasteiger partial charge in [-0.2, -0.15) is 26.3 Å². The fourth-order valence-corrected chi connectivity index (χ4v) is 2.54. The van der Waals surface area contributed by atoms with Crippen LogP contribution in [0.25, 0.3) is 5.69 Å². The van der Waals surface area contributed by atoms with Crippen molar-refractivity contribution in [3.05, 3.63) is 45.5 Å². The second kappa shape index (κ2) is 5.34. The van der Waals surface area contributed by atoms with Gasteiger partial charge in [0.15, 0.2) is 5.69 Å². The minimum absolute atomic E-state index is 0.197. The number of nitrogens with zero attached hydrogens (tertiary/aromatic N) is 2. The van der Waals surface area contributed by atoms with Gasteiger partial charge in [-0.05, 0) is 19.1 Å². The van der Waals surface area contributed by atoms with E-state index in [0.717, 1.165) is 17.8 Å². The van der Waals surface area contributed by atoms with E-state index < -0.39 is 33.7 Å². The second-order valence-corrected chi connectivity index (χ2v) is 5.15. The van der Waals surface area contributed by atoms with Crippen LogP contribution < -0.4 is 0 Å². The van der Waals surface area contributed by atoms with Gasteiger partial charge in [-0.15, -0.1) is 0 Å². The lowest BCUT2D eigenvalue weighted by atomic mass is 10.2. The predicted molar refractivity (Wildman–Crippen MR) is 68.3 cm³/mol. The highest BCUT2D eigenvalue weighted by Gasteiger charge is 2.37. The van der Waals surface area contributed by atoms with Crippen molar-refractivity contribution in [1.82, 2.24) is 9.55 Å². The maximum Gasteiger partial charge on any atom is 0.435 e. The van der Waals surface area contributed by atoms with Crippen molar-refractivity contribution in [2.75, 3.05) is 0 Å². The third-order valence-electron chi connectivity index (χ3n) is 2.86. The van der Waals surface area contributed by atoms with Gasteiger partial charge in [0.2, 0.25) is 0 Å². The van der Waals surface area contributed by atoms with Crippen LogP contribution in [-0.4, -0.2) is 9.55 Å². The SMILES string of the molecule is Cc1c(C(F)(F)F)ncn1-c1c(Cl)cc(C(F)(F)F)cc1Cl. The molecule has 2 rings (SSSR count). The van der Waals surface area contributed by atoms with Gasteiger partial charge >= 0.3 is 12.4 Å². The first-order valence-corrected chi connectivity index (χ1v) is 6.36. The Morgan fingerprint density at radius 3 is 1.82 bits per heavy atom. The zero-order valence-electron chi connectivity index (χ0n) is 10.7. The van der Waals surface area contributed by atoms with E-state index in [-0.39, 0.29) is 11.4 Å². The number of aromatic nitrogens is 2. The summed E-state index contributed by atoms with van der Waals surface area (Å²) in [6, 6.07) is 1.19. The molecule has 120 valence electrons. The standard InChI is InChI=1S/C12H6Cl2F6N2/c1-5-10(12(18,19)20)21-4-22(5)9-7(13)2-6(3-8(9)14)11(15,16)17/h2-4H,1H3. The molecular weight excluding hydrogens is 357 g/mol. The minimum Gasteiger partial charge on any atom is -0.300 e. The molecule has 2 nitrogen and oxygen atoms in total. The molecule has 0 atom stereocenters. The minimum atomic E-state index is -4.69. The van der Waals surface area contributed by atoms with E-state index in [4.69, 9.17) is 23.2 Å². The highest BCUT2D eigenvalue weighted by molar-refractivity contribution is 6.37. The number of alkyl halides is 6. The number of halogens is 8. The molecule has 0 radical (unpaired) electrons. The number of hydrogen-bond donors (Lipinski definition) is 0. The Bertz CT molecular complexity index is 694. The van der Waals surface area contributed by atoms with Crippen LogP contribution in [0, 0.1) is 6.92 Å². The van der Waals surface area contributed by atoms with Crippen LogP contribution in [0.5, 0.6) is 0 Å². The van der Waals surface area contributed by atoms with Crippen molar-refractivity contribution in [1.29, 1.82) is 0 Å². The molecule has 0 aliphatic heterocycles. The summed E-state index contributed by atoms with van der Waals surface area (Å²) in [5.41, 5.74) is -2.80. The van der Waals surface area contributed by atoms with Crippen LogP contribution >= 0.6 is 23.2 Å². The molecule has 0 N–H and O–H groups in total. The van der Waals surface area contributed by atoms with Crippen LogP contribution in [0.15, 0.2) is 18.5 Å². The van der Waals surface area contributed by atoms with Crippen molar-refractivity contribution < 1.29 is 26.3 Å². The summed E-state index contributed by atoms with van der Waals surface area (Å²) in [6.45, 7) is 1.11. The van der Waals surface area contributed by atoms with Gasteiger partial charge in [0, 0.05) is 0 Å². The van der Waals surface area contributed by atoms with Gasteiger partial charge in [-0.1, -0.05) is 23.2 Å². The normalized spacial score (nSPS) is 12.8. The van der Waals surface area contributed by atoms with Crippen molar-refractivity contribution >= 4 is 23.2 Å². The van der Waals surface area contributed by atoms with Crippen molar-refractivity contribution in [3.63, 3.8) is 0 Å². The quantitative estimate of drug-likeness (QED) is 0.610. The molecule has 0 saturated carbocycles. The molecule has 0 spiro atoms. The Labute approximate surface area is 130 Å². The summed E-state index contributed by atoms with van der Waals surface area (Å²) in [6.07, 6.45) is -8.56. The van der Waals surface area contributed by atoms with E-state index >= 15 is 0 Å². The third-order valence-corrected chi connectivity index (χ3v) is 3.44. The van der Waals surface area contributed by atoms with Gasteiger partial charge in [-0.25, -0.2) is 4.98 Å². The van der Waals surface area contributed by atoms with E-state index in [0.29, 0.717) is 12.1 Å². The Balaban J connectivity index is 2.63. The molecule has 1 aromatic heterocycles. The monoisotopic (exact) mass is 362 g/mol. The van der Waals surface area contributed by atoms with Crippen LogP contribution in [0.4, 0.5) is 26.3 Å². The first-order valence-electron chi connectivity index (χ1n) is 5.60. The summed E-state index contributed by atoms with van der Waals surface area (Å²) in [4.78, 5) is 3.22. The number of hydrogen-bond acceptors (Lipinski definition) is 1. The van der Waals surface area contributed by atoms with Crippen molar-refractivity contribution in [2.24, 2.45) is 0 Å². The molecule has 0 amide bonds. The average molecular weight is 363 g/mol. The second-order valence-electron chi connectivity index (χ2n) is 4.33.